The molecule has 3 heterocycles. The van der Waals surface area contributed by atoms with Crippen molar-refractivity contribution in [2.45, 2.75) is 51.1 Å². The highest BCUT2D eigenvalue weighted by Crippen LogP contribution is 2.40. The minimum Gasteiger partial charge on any atom is -0.481 e. The summed E-state index contributed by atoms with van der Waals surface area (Å²) in [6, 6.07) is 0.301. The molecule has 4 rings (SSSR count). The number of hydrogen-bond acceptors (Lipinski definition) is 6. The molecule has 2 aromatic heterocycles. The first-order chi connectivity index (χ1) is 11.2. The molecule has 1 aliphatic heterocycles. The van der Waals surface area contributed by atoms with Gasteiger partial charge in [0, 0.05) is 19.0 Å². The zero-order valence-corrected chi connectivity index (χ0v) is 13.9. The molecule has 1 saturated heterocycles. The molecule has 7 heteroatoms. The Hall–Kier alpha value is -1.89. The Labute approximate surface area is 135 Å². The third kappa shape index (κ3) is 2.63. The summed E-state index contributed by atoms with van der Waals surface area (Å²) < 4.78 is 12.8. The van der Waals surface area contributed by atoms with E-state index in [1.165, 1.54) is 18.4 Å². The van der Waals surface area contributed by atoms with Crippen LogP contribution in [0, 0.1) is 6.92 Å². The minimum absolute atomic E-state index is 0.301. The highest BCUT2D eigenvalue weighted by atomic mass is 16.5. The number of aromatic nitrogens is 4. The van der Waals surface area contributed by atoms with Crippen molar-refractivity contribution < 1.29 is 9.26 Å². The molecule has 0 spiro atoms. The van der Waals surface area contributed by atoms with E-state index in [-0.39, 0.29) is 0 Å². The molecule has 1 atom stereocenters. The quantitative estimate of drug-likeness (QED) is 0.843. The van der Waals surface area contributed by atoms with E-state index in [1.807, 2.05) is 18.7 Å². The predicted octanol–water partition coefficient (Wildman–Crippen LogP) is 2.33. The van der Waals surface area contributed by atoms with Crippen molar-refractivity contribution in [3.8, 4) is 5.88 Å². The van der Waals surface area contributed by atoms with Crippen molar-refractivity contribution in [3.05, 3.63) is 23.0 Å². The van der Waals surface area contributed by atoms with Crippen LogP contribution in [0.25, 0.3) is 0 Å². The number of likely N-dealkylation sites (tertiary alicyclic amines) is 1. The van der Waals surface area contributed by atoms with E-state index < -0.39 is 0 Å². The van der Waals surface area contributed by atoms with Gasteiger partial charge in [-0.25, -0.2) is 4.68 Å². The third-order valence-corrected chi connectivity index (χ3v) is 4.87. The van der Waals surface area contributed by atoms with Crippen molar-refractivity contribution in [1.29, 1.82) is 0 Å². The van der Waals surface area contributed by atoms with Crippen LogP contribution in [0.2, 0.25) is 0 Å². The number of aryl methyl sites for hydroxylation is 2. The molecular weight excluding hydrogens is 294 g/mol. The van der Waals surface area contributed by atoms with Gasteiger partial charge in [-0.2, -0.15) is 10.1 Å². The fraction of sp³-hybridized carbons (Fsp3) is 0.688. The average Bonchev–Trinajstić information content (AvgIpc) is 2.98. The summed E-state index contributed by atoms with van der Waals surface area (Å²) >= 11 is 0. The van der Waals surface area contributed by atoms with Gasteiger partial charge in [0.1, 0.15) is 0 Å². The van der Waals surface area contributed by atoms with Gasteiger partial charge in [0.15, 0.2) is 5.82 Å². The lowest BCUT2D eigenvalue weighted by molar-refractivity contribution is 0.208. The lowest BCUT2D eigenvalue weighted by atomic mass is 10.1. The van der Waals surface area contributed by atoms with Gasteiger partial charge in [-0.3, -0.25) is 4.90 Å². The fourth-order valence-corrected chi connectivity index (χ4v) is 3.63. The lowest BCUT2D eigenvalue weighted by Crippen LogP contribution is -2.23. The molecule has 124 valence electrons. The summed E-state index contributed by atoms with van der Waals surface area (Å²) in [5.74, 6) is 2.98. The summed E-state index contributed by atoms with van der Waals surface area (Å²) in [5, 5.41) is 8.64. The van der Waals surface area contributed by atoms with E-state index in [4.69, 9.17) is 9.26 Å². The van der Waals surface area contributed by atoms with Crippen LogP contribution in [0.1, 0.15) is 60.6 Å². The fourth-order valence-electron chi connectivity index (χ4n) is 3.63. The van der Waals surface area contributed by atoms with Crippen LogP contribution in [0.3, 0.4) is 0 Å². The molecule has 0 unspecified atom stereocenters. The monoisotopic (exact) mass is 317 g/mol. The van der Waals surface area contributed by atoms with Gasteiger partial charge >= 0.3 is 0 Å². The van der Waals surface area contributed by atoms with Gasteiger partial charge < -0.3 is 9.26 Å². The summed E-state index contributed by atoms with van der Waals surface area (Å²) in [5.41, 5.74) is 2.22. The summed E-state index contributed by atoms with van der Waals surface area (Å²) in [4.78, 5) is 6.96. The van der Waals surface area contributed by atoms with Gasteiger partial charge in [0.25, 0.3) is 0 Å². The number of rotatable bonds is 5. The van der Waals surface area contributed by atoms with Crippen LogP contribution in [-0.4, -0.2) is 38.5 Å². The summed E-state index contributed by atoms with van der Waals surface area (Å²) in [7, 11) is 3.63. The molecule has 0 N–H and O–H groups in total. The molecule has 0 amide bonds. The maximum atomic E-state index is 5.57. The number of methoxy groups -OCH3 is 1. The topological polar surface area (TPSA) is 69.2 Å². The van der Waals surface area contributed by atoms with Crippen LogP contribution < -0.4 is 4.74 Å². The zero-order chi connectivity index (χ0) is 16.0. The molecule has 2 aromatic rings. The first-order valence-corrected chi connectivity index (χ1v) is 8.31. The smallest absolute Gasteiger partial charge is 0.240 e. The molecule has 7 nitrogen and oxygen atoms in total. The highest BCUT2D eigenvalue weighted by Gasteiger charge is 2.34. The van der Waals surface area contributed by atoms with Gasteiger partial charge in [-0.1, -0.05) is 5.16 Å². The summed E-state index contributed by atoms with van der Waals surface area (Å²) in [6.07, 6.45) is 4.65. The maximum Gasteiger partial charge on any atom is 0.240 e. The minimum atomic E-state index is 0.301. The second-order valence-corrected chi connectivity index (χ2v) is 6.58. The Bertz CT molecular complexity index is 703. The van der Waals surface area contributed by atoms with Crippen LogP contribution in [-0.2, 0) is 13.6 Å². The molecule has 1 aliphatic carbocycles. The lowest BCUT2D eigenvalue weighted by Gasteiger charge is -2.23. The molecule has 2 fully saturated rings. The Morgan fingerprint density at radius 3 is 2.87 bits per heavy atom. The van der Waals surface area contributed by atoms with Crippen LogP contribution in [0.4, 0.5) is 0 Å². The molecule has 2 aliphatic rings. The molecule has 1 saturated carbocycles. The van der Waals surface area contributed by atoms with Gasteiger partial charge in [0.05, 0.1) is 24.9 Å². The second kappa shape index (κ2) is 5.63. The standard InChI is InChI=1S/C16H23N5O2/c1-10-14(16(22-3)20(2)18-10)12-5-4-8-21(12)9-13-17-15(19-23-13)11-6-7-11/h11-12H,4-9H2,1-3H3/t12-/m0/s1. The van der Waals surface area contributed by atoms with E-state index >= 15 is 0 Å². The van der Waals surface area contributed by atoms with E-state index in [9.17, 15) is 0 Å². The van der Waals surface area contributed by atoms with E-state index in [0.29, 0.717) is 18.5 Å². The number of nitrogens with zero attached hydrogens (tertiary/aromatic N) is 5. The largest absolute Gasteiger partial charge is 0.481 e. The second-order valence-electron chi connectivity index (χ2n) is 6.58. The van der Waals surface area contributed by atoms with Crippen LogP contribution in [0.15, 0.2) is 4.52 Å². The first-order valence-electron chi connectivity index (χ1n) is 8.31. The number of hydrogen-bond donors (Lipinski definition) is 0. The molecular formula is C16H23N5O2. The SMILES string of the molecule is COc1c([C@@H]2CCCN2Cc2nc(C3CC3)no2)c(C)nn1C. The zero-order valence-electron chi connectivity index (χ0n) is 13.9. The van der Waals surface area contributed by atoms with Crippen molar-refractivity contribution in [3.63, 3.8) is 0 Å². The average molecular weight is 317 g/mol. The van der Waals surface area contributed by atoms with Crippen molar-refractivity contribution in [1.82, 2.24) is 24.8 Å². The van der Waals surface area contributed by atoms with Crippen molar-refractivity contribution >= 4 is 0 Å². The number of ether oxygens (including phenoxy) is 1. The Balaban J connectivity index is 1.56. The van der Waals surface area contributed by atoms with Crippen LogP contribution in [0.5, 0.6) is 5.88 Å². The third-order valence-electron chi connectivity index (χ3n) is 4.87. The van der Waals surface area contributed by atoms with Gasteiger partial charge in [0.2, 0.25) is 11.8 Å². The Kier molecular flexibility index (Phi) is 3.60. The maximum absolute atomic E-state index is 5.57. The van der Waals surface area contributed by atoms with Crippen molar-refractivity contribution in [2.75, 3.05) is 13.7 Å². The highest BCUT2D eigenvalue weighted by molar-refractivity contribution is 5.35. The predicted molar refractivity (Wildman–Crippen MR) is 83.2 cm³/mol. The first kappa shape index (κ1) is 14.7. The van der Waals surface area contributed by atoms with E-state index in [2.05, 4.69) is 20.1 Å². The molecule has 0 aromatic carbocycles. The molecule has 0 radical (unpaired) electrons. The summed E-state index contributed by atoms with van der Waals surface area (Å²) in [6.45, 7) is 3.78. The van der Waals surface area contributed by atoms with Gasteiger partial charge in [-0.15, -0.1) is 0 Å². The van der Waals surface area contributed by atoms with E-state index in [0.717, 1.165) is 42.7 Å². The van der Waals surface area contributed by atoms with Crippen LogP contribution >= 0.6 is 0 Å². The Morgan fingerprint density at radius 1 is 1.30 bits per heavy atom. The van der Waals surface area contributed by atoms with Gasteiger partial charge in [-0.05, 0) is 39.2 Å². The van der Waals surface area contributed by atoms with Crippen molar-refractivity contribution in [2.24, 2.45) is 7.05 Å². The van der Waals surface area contributed by atoms with E-state index in [1.54, 1.807) is 7.11 Å². The Morgan fingerprint density at radius 2 is 2.13 bits per heavy atom. The molecule has 0 bridgehead atoms. The normalized spacial score (nSPS) is 22.0. The molecule has 23 heavy (non-hydrogen) atoms.